The van der Waals surface area contributed by atoms with Gasteiger partial charge < -0.3 is 15.0 Å². The topological polar surface area (TPSA) is 41.6 Å². The lowest BCUT2D eigenvalue weighted by molar-refractivity contribution is -0.127. The highest BCUT2D eigenvalue weighted by molar-refractivity contribution is 5.91. The van der Waals surface area contributed by atoms with E-state index in [0.717, 1.165) is 30.9 Å². The highest BCUT2D eigenvalue weighted by Crippen LogP contribution is 2.12. The normalized spacial score (nSPS) is 19.7. The molecule has 1 aliphatic heterocycles. The van der Waals surface area contributed by atoms with E-state index in [2.05, 4.69) is 12.2 Å². The summed E-state index contributed by atoms with van der Waals surface area (Å²) in [7, 11) is 1.64. The quantitative estimate of drug-likeness (QED) is 0.838. The molecule has 0 radical (unpaired) electrons. The maximum atomic E-state index is 12.0. The van der Waals surface area contributed by atoms with Crippen LogP contribution in [-0.4, -0.2) is 43.6 Å². The number of benzene rings is 1. The van der Waals surface area contributed by atoms with Crippen LogP contribution in [-0.2, 0) is 4.79 Å². The van der Waals surface area contributed by atoms with E-state index in [-0.39, 0.29) is 5.91 Å². The molecule has 0 spiro atoms. The van der Waals surface area contributed by atoms with Crippen molar-refractivity contribution in [3.8, 4) is 5.75 Å². The summed E-state index contributed by atoms with van der Waals surface area (Å²) < 4.78 is 5.10. The Morgan fingerprint density at radius 2 is 2.16 bits per heavy atom. The lowest BCUT2D eigenvalue weighted by Crippen LogP contribution is -2.50. The van der Waals surface area contributed by atoms with Crippen LogP contribution >= 0.6 is 0 Å². The molecular formula is C15H20N2O2. The van der Waals surface area contributed by atoms with E-state index in [1.807, 2.05) is 35.2 Å². The van der Waals surface area contributed by atoms with Crippen LogP contribution in [0.15, 0.2) is 30.3 Å². The van der Waals surface area contributed by atoms with Crippen LogP contribution in [0, 0.1) is 0 Å². The first kappa shape index (κ1) is 13.6. The molecule has 1 heterocycles. The lowest BCUT2D eigenvalue weighted by atomic mass is 10.2. The van der Waals surface area contributed by atoms with Gasteiger partial charge in [-0.15, -0.1) is 0 Å². The molecule has 1 aliphatic rings. The van der Waals surface area contributed by atoms with E-state index in [1.165, 1.54) is 0 Å². The molecule has 2 rings (SSSR count). The number of amides is 1. The number of methoxy groups -OCH3 is 1. The first-order chi connectivity index (χ1) is 9.19. The average molecular weight is 260 g/mol. The molecule has 0 bridgehead atoms. The molecular weight excluding hydrogens is 240 g/mol. The number of nitrogens with zero attached hydrogens (tertiary/aromatic N) is 1. The number of piperazine rings is 1. The van der Waals surface area contributed by atoms with Crippen LogP contribution < -0.4 is 10.1 Å². The van der Waals surface area contributed by atoms with Gasteiger partial charge in [-0.25, -0.2) is 0 Å². The summed E-state index contributed by atoms with van der Waals surface area (Å²) in [6.07, 6.45) is 3.48. The SMILES string of the molecule is COc1ccc(C=CC(=O)N2CCNC(C)C2)cc1. The second-order valence-electron chi connectivity index (χ2n) is 4.75. The Labute approximate surface area is 114 Å². The molecule has 4 nitrogen and oxygen atoms in total. The van der Waals surface area contributed by atoms with Crippen molar-refractivity contribution in [3.05, 3.63) is 35.9 Å². The number of rotatable bonds is 3. The van der Waals surface area contributed by atoms with Crippen molar-refractivity contribution in [2.45, 2.75) is 13.0 Å². The van der Waals surface area contributed by atoms with Crippen molar-refractivity contribution in [1.82, 2.24) is 10.2 Å². The van der Waals surface area contributed by atoms with E-state index in [9.17, 15) is 4.79 Å². The molecule has 0 aliphatic carbocycles. The summed E-state index contributed by atoms with van der Waals surface area (Å²) in [5.74, 6) is 0.892. The summed E-state index contributed by atoms with van der Waals surface area (Å²) in [6, 6.07) is 8.01. The Hall–Kier alpha value is -1.81. The highest BCUT2D eigenvalue weighted by atomic mass is 16.5. The van der Waals surface area contributed by atoms with Gasteiger partial charge in [-0.2, -0.15) is 0 Å². The van der Waals surface area contributed by atoms with Crippen LogP contribution in [0.3, 0.4) is 0 Å². The summed E-state index contributed by atoms with van der Waals surface area (Å²) in [6.45, 7) is 4.50. The number of carbonyl (C=O) groups excluding carboxylic acids is 1. The molecule has 1 aromatic carbocycles. The van der Waals surface area contributed by atoms with Gasteiger partial charge in [-0.05, 0) is 30.7 Å². The van der Waals surface area contributed by atoms with Gasteiger partial charge in [-0.3, -0.25) is 4.79 Å². The number of ether oxygens (including phenoxy) is 1. The van der Waals surface area contributed by atoms with E-state index >= 15 is 0 Å². The predicted molar refractivity (Wildman–Crippen MR) is 76.1 cm³/mol. The Balaban J connectivity index is 1.95. The van der Waals surface area contributed by atoms with Crippen molar-refractivity contribution in [2.75, 3.05) is 26.7 Å². The largest absolute Gasteiger partial charge is 0.497 e. The van der Waals surface area contributed by atoms with Crippen LogP contribution in [0.25, 0.3) is 6.08 Å². The summed E-state index contributed by atoms with van der Waals surface area (Å²) in [5, 5.41) is 3.32. The second-order valence-corrected chi connectivity index (χ2v) is 4.75. The van der Waals surface area contributed by atoms with E-state index in [4.69, 9.17) is 4.74 Å². The fraction of sp³-hybridized carbons (Fsp3) is 0.400. The molecule has 1 unspecified atom stereocenters. The third-order valence-electron chi connectivity index (χ3n) is 3.21. The number of carbonyl (C=O) groups is 1. The zero-order valence-corrected chi connectivity index (χ0v) is 11.4. The number of hydrogen-bond acceptors (Lipinski definition) is 3. The Morgan fingerprint density at radius 3 is 2.79 bits per heavy atom. The minimum absolute atomic E-state index is 0.0733. The Morgan fingerprint density at radius 1 is 1.42 bits per heavy atom. The number of nitrogens with one attached hydrogen (secondary N) is 1. The van der Waals surface area contributed by atoms with Crippen LogP contribution in [0.1, 0.15) is 12.5 Å². The van der Waals surface area contributed by atoms with Gasteiger partial charge in [0.05, 0.1) is 7.11 Å². The summed E-state index contributed by atoms with van der Waals surface area (Å²) >= 11 is 0. The third-order valence-corrected chi connectivity index (χ3v) is 3.21. The fourth-order valence-corrected chi connectivity index (χ4v) is 2.12. The molecule has 0 saturated carbocycles. The summed E-state index contributed by atoms with van der Waals surface area (Å²) in [5.41, 5.74) is 0.998. The lowest BCUT2D eigenvalue weighted by Gasteiger charge is -2.31. The second kappa shape index (κ2) is 6.38. The first-order valence-electron chi connectivity index (χ1n) is 6.53. The van der Waals surface area contributed by atoms with Gasteiger partial charge >= 0.3 is 0 Å². The zero-order valence-electron chi connectivity index (χ0n) is 11.4. The molecule has 1 atom stereocenters. The van der Waals surface area contributed by atoms with Gasteiger partial charge in [0.1, 0.15) is 5.75 Å². The average Bonchev–Trinajstić information content (AvgIpc) is 2.45. The fourth-order valence-electron chi connectivity index (χ4n) is 2.12. The maximum absolute atomic E-state index is 12.0. The molecule has 1 amide bonds. The zero-order chi connectivity index (χ0) is 13.7. The van der Waals surface area contributed by atoms with E-state index < -0.39 is 0 Å². The molecule has 4 heteroatoms. The minimum Gasteiger partial charge on any atom is -0.497 e. The van der Waals surface area contributed by atoms with Gasteiger partial charge in [0, 0.05) is 31.8 Å². The van der Waals surface area contributed by atoms with Crippen LogP contribution in [0.4, 0.5) is 0 Å². The monoisotopic (exact) mass is 260 g/mol. The van der Waals surface area contributed by atoms with Crippen LogP contribution in [0.5, 0.6) is 5.75 Å². The molecule has 19 heavy (non-hydrogen) atoms. The molecule has 1 saturated heterocycles. The number of hydrogen-bond donors (Lipinski definition) is 1. The molecule has 0 aromatic heterocycles. The van der Waals surface area contributed by atoms with E-state index in [1.54, 1.807) is 13.2 Å². The van der Waals surface area contributed by atoms with Crippen molar-refractivity contribution in [3.63, 3.8) is 0 Å². The van der Waals surface area contributed by atoms with Gasteiger partial charge in [-0.1, -0.05) is 12.1 Å². The first-order valence-corrected chi connectivity index (χ1v) is 6.53. The molecule has 102 valence electrons. The third kappa shape index (κ3) is 3.83. The Bertz CT molecular complexity index is 454. The minimum atomic E-state index is 0.0733. The molecule has 1 fully saturated rings. The van der Waals surface area contributed by atoms with Crippen molar-refractivity contribution < 1.29 is 9.53 Å². The maximum Gasteiger partial charge on any atom is 0.246 e. The molecule has 1 aromatic rings. The van der Waals surface area contributed by atoms with E-state index in [0.29, 0.717) is 6.04 Å². The molecule has 1 N–H and O–H groups in total. The highest BCUT2D eigenvalue weighted by Gasteiger charge is 2.18. The standard InChI is InChI=1S/C15H20N2O2/c1-12-11-17(10-9-16-12)15(18)8-5-13-3-6-14(19-2)7-4-13/h3-8,12,16H,9-11H2,1-2H3. The smallest absolute Gasteiger partial charge is 0.246 e. The predicted octanol–water partition coefficient (Wildman–Crippen LogP) is 1.53. The van der Waals surface area contributed by atoms with Gasteiger partial charge in [0.15, 0.2) is 0 Å². The van der Waals surface area contributed by atoms with Crippen molar-refractivity contribution >= 4 is 12.0 Å². The van der Waals surface area contributed by atoms with Gasteiger partial charge in [0.2, 0.25) is 5.91 Å². The Kier molecular flexibility index (Phi) is 4.58. The van der Waals surface area contributed by atoms with Crippen molar-refractivity contribution in [2.24, 2.45) is 0 Å². The van der Waals surface area contributed by atoms with Crippen molar-refractivity contribution in [1.29, 1.82) is 0 Å². The van der Waals surface area contributed by atoms with Crippen LogP contribution in [0.2, 0.25) is 0 Å². The summed E-state index contributed by atoms with van der Waals surface area (Å²) in [4.78, 5) is 13.9. The van der Waals surface area contributed by atoms with Gasteiger partial charge in [0.25, 0.3) is 0 Å².